The van der Waals surface area contributed by atoms with E-state index >= 15 is 0 Å². The lowest BCUT2D eigenvalue weighted by Gasteiger charge is -2.28. The molecule has 0 unspecified atom stereocenters. The molecule has 0 aliphatic heterocycles. The van der Waals surface area contributed by atoms with Crippen LogP contribution < -0.4 is 9.72 Å². The topological polar surface area (TPSA) is 111 Å². The highest BCUT2D eigenvalue weighted by Crippen LogP contribution is 2.31. The van der Waals surface area contributed by atoms with E-state index < -0.39 is 0 Å². The zero-order valence-corrected chi connectivity index (χ0v) is 15.1. The molecule has 1 aliphatic rings. The van der Waals surface area contributed by atoms with E-state index in [9.17, 15) is 9.30 Å². The van der Waals surface area contributed by atoms with E-state index in [1.807, 2.05) is 0 Å². The van der Waals surface area contributed by atoms with Crippen LogP contribution in [0.5, 0.6) is 0 Å². The van der Waals surface area contributed by atoms with Gasteiger partial charge in [0.1, 0.15) is 12.4 Å². The first kappa shape index (κ1) is 18.0. The quantitative estimate of drug-likeness (QED) is 0.519. The molecule has 0 radical (unpaired) electrons. The Hall–Kier alpha value is -3.41. The van der Waals surface area contributed by atoms with Gasteiger partial charge in [-0.05, 0) is 42.8 Å². The number of hydrogen-bond acceptors (Lipinski definition) is 6. The summed E-state index contributed by atoms with van der Waals surface area (Å²) in [5, 5.41) is 15.2. The molecule has 1 fully saturated rings. The molecular weight excluding hydrogens is 361 g/mol. The standard InChI is InChI=1S/C19H18FN7O/c20-13-3-6-17-22-10-16(27(17)11-13)19-23-9-15(26-28)18(25-19)24-14-4-1-12(2-5-14)7-8-21/h3,6,9-12,14H,1-2,4-5,7H2,(H,23,24,25,28)/p+1. The molecule has 0 spiro atoms. The van der Waals surface area contributed by atoms with Gasteiger partial charge in [0, 0.05) is 18.5 Å². The predicted octanol–water partition coefficient (Wildman–Crippen LogP) is 3.63. The summed E-state index contributed by atoms with van der Waals surface area (Å²) in [6, 6.07) is 5.38. The zero-order valence-electron chi connectivity index (χ0n) is 15.1. The first-order valence-electron chi connectivity index (χ1n) is 9.20. The van der Waals surface area contributed by atoms with Crippen LogP contribution in [0, 0.1) is 28.0 Å². The number of nitrogens with one attached hydrogen (secondary N) is 2. The van der Waals surface area contributed by atoms with E-state index in [4.69, 9.17) is 5.26 Å². The van der Waals surface area contributed by atoms with Crippen LogP contribution in [-0.4, -0.2) is 21.0 Å². The predicted molar refractivity (Wildman–Crippen MR) is 100.0 cm³/mol. The second-order valence-electron chi connectivity index (χ2n) is 7.02. The van der Waals surface area contributed by atoms with Gasteiger partial charge in [0.05, 0.1) is 12.3 Å². The van der Waals surface area contributed by atoms with Crippen molar-refractivity contribution in [1.29, 1.82) is 5.26 Å². The summed E-state index contributed by atoms with van der Waals surface area (Å²) in [4.78, 5) is 22.9. The molecule has 28 heavy (non-hydrogen) atoms. The van der Waals surface area contributed by atoms with Crippen molar-refractivity contribution in [3.8, 4) is 17.6 Å². The van der Waals surface area contributed by atoms with Gasteiger partial charge in [-0.15, -0.1) is 4.91 Å². The Morgan fingerprint density at radius 3 is 2.93 bits per heavy atom. The molecule has 8 nitrogen and oxygen atoms in total. The van der Waals surface area contributed by atoms with Gasteiger partial charge in [0.25, 0.3) is 5.65 Å². The Labute approximate surface area is 160 Å². The van der Waals surface area contributed by atoms with Crippen LogP contribution in [0.15, 0.2) is 35.9 Å². The summed E-state index contributed by atoms with van der Waals surface area (Å²) in [6.45, 7) is 0. The molecule has 2 N–H and O–H groups in total. The van der Waals surface area contributed by atoms with Gasteiger partial charge >= 0.3 is 0 Å². The van der Waals surface area contributed by atoms with Crippen molar-refractivity contribution in [1.82, 2.24) is 15.0 Å². The van der Waals surface area contributed by atoms with Crippen LogP contribution in [0.2, 0.25) is 0 Å². The third-order valence-electron chi connectivity index (χ3n) is 5.19. The Morgan fingerprint density at radius 1 is 1.36 bits per heavy atom. The molecule has 0 atom stereocenters. The lowest BCUT2D eigenvalue weighted by atomic mass is 9.84. The molecule has 0 saturated heterocycles. The number of nitroso groups, excluding NO2 is 1. The number of rotatable bonds is 5. The Balaban J connectivity index is 1.60. The first-order valence-corrected chi connectivity index (χ1v) is 9.20. The van der Waals surface area contributed by atoms with Gasteiger partial charge < -0.3 is 5.32 Å². The Kier molecular flexibility index (Phi) is 4.93. The average molecular weight is 380 g/mol. The molecule has 3 heterocycles. The van der Waals surface area contributed by atoms with Crippen LogP contribution in [0.3, 0.4) is 0 Å². The summed E-state index contributed by atoms with van der Waals surface area (Å²) in [5.74, 6) is 0.784. The number of anilines is 1. The summed E-state index contributed by atoms with van der Waals surface area (Å²) < 4.78 is 15.3. The number of nitrogens with zero attached hydrogens (tertiary/aromatic N) is 5. The summed E-state index contributed by atoms with van der Waals surface area (Å²) in [5.41, 5.74) is 1.41. The molecule has 0 amide bonds. The van der Waals surface area contributed by atoms with E-state index in [2.05, 4.69) is 31.5 Å². The number of hydrogen-bond donors (Lipinski definition) is 2. The number of imidazole rings is 1. The molecule has 0 bridgehead atoms. The summed E-state index contributed by atoms with van der Waals surface area (Å²) in [7, 11) is 0. The highest BCUT2D eigenvalue weighted by atomic mass is 19.1. The van der Waals surface area contributed by atoms with Gasteiger partial charge in [-0.2, -0.15) is 9.66 Å². The zero-order chi connectivity index (χ0) is 19.5. The maximum atomic E-state index is 13.6. The smallest absolute Gasteiger partial charge is 0.284 e. The summed E-state index contributed by atoms with van der Waals surface area (Å²) >= 11 is 0. The molecule has 142 valence electrons. The van der Waals surface area contributed by atoms with E-state index in [-0.39, 0.29) is 17.5 Å². The maximum Gasteiger partial charge on any atom is 0.284 e. The maximum absolute atomic E-state index is 13.6. The van der Waals surface area contributed by atoms with Crippen molar-refractivity contribution in [2.24, 2.45) is 11.1 Å². The van der Waals surface area contributed by atoms with Gasteiger partial charge in [0.15, 0.2) is 17.3 Å². The Morgan fingerprint density at radius 2 is 2.18 bits per heavy atom. The van der Waals surface area contributed by atoms with E-state index in [1.54, 1.807) is 16.7 Å². The van der Waals surface area contributed by atoms with Gasteiger partial charge in [-0.25, -0.2) is 19.3 Å². The molecule has 3 aromatic heterocycles. The third-order valence-corrected chi connectivity index (χ3v) is 5.19. The van der Waals surface area contributed by atoms with Crippen molar-refractivity contribution in [2.75, 3.05) is 5.32 Å². The third kappa shape index (κ3) is 3.53. The second-order valence-corrected chi connectivity index (χ2v) is 7.02. The van der Waals surface area contributed by atoms with E-state index in [1.165, 1.54) is 18.5 Å². The summed E-state index contributed by atoms with van der Waals surface area (Å²) in [6.07, 6.45) is 8.72. The van der Waals surface area contributed by atoms with Crippen LogP contribution in [0.25, 0.3) is 17.2 Å². The van der Waals surface area contributed by atoms with Crippen molar-refractivity contribution in [2.45, 2.75) is 38.1 Å². The minimum atomic E-state index is -0.378. The van der Waals surface area contributed by atoms with Crippen LogP contribution in [0.1, 0.15) is 32.1 Å². The number of H-pyrrole nitrogens is 1. The van der Waals surface area contributed by atoms with Gasteiger partial charge in [-0.3, -0.25) is 0 Å². The number of nitriles is 1. The highest BCUT2D eigenvalue weighted by Gasteiger charge is 2.23. The van der Waals surface area contributed by atoms with E-state index in [0.29, 0.717) is 35.3 Å². The molecule has 3 aromatic rings. The van der Waals surface area contributed by atoms with E-state index in [0.717, 1.165) is 25.7 Å². The van der Waals surface area contributed by atoms with Gasteiger partial charge in [-0.1, -0.05) is 0 Å². The minimum absolute atomic E-state index is 0.138. The number of aromatic nitrogens is 4. The van der Waals surface area contributed by atoms with Crippen molar-refractivity contribution in [3.05, 3.63) is 41.4 Å². The van der Waals surface area contributed by atoms with Crippen molar-refractivity contribution < 1.29 is 8.79 Å². The van der Waals surface area contributed by atoms with Gasteiger partial charge in [0.2, 0.25) is 11.5 Å². The van der Waals surface area contributed by atoms with Crippen molar-refractivity contribution in [3.63, 3.8) is 0 Å². The largest absolute Gasteiger partial charge is 0.365 e. The number of fused-ring (bicyclic) bond motifs is 1. The fraction of sp³-hybridized carbons (Fsp3) is 0.368. The first-order chi connectivity index (χ1) is 13.7. The lowest BCUT2D eigenvalue weighted by Crippen LogP contribution is -2.27. The average Bonchev–Trinajstić information content (AvgIpc) is 3.12. The van der Waals surface area contributed by atoms with Crippen molar-refractivity contribution >= 4 is 17.2 Å². The minimum Gasteiger partial charge on any atom is -0.365 e. The Bertz CT molecular complexity index is 1050. The highest BCUT2D eigenvalue weighted by molar-refractivity contribution is 5.63. The fourth-order valence-electron chi connectivity index (χ4n) is 3.68. The van der Waals surface area contributed by atoms with Crippen LogP contribution in [0.4, 0.5) is 15.9 Å². The molecule has 1 saturated carbocycles. The molecule has 1 aliphatic carbocycles. The molecular formula is C19H19FN7O+. The molecule has 9 heteroatoms. The van der Waals surface area contributed by atoms with Crippen LogP contribution in [-0.2, 0) is 0 Å². The number of aromatic amines is 1. The fourth-order valence-corrected chi connectivity index (χ4v) is 3.68. The SMILES string of the molecule is N#CCC1CCC(Nc2nc(-c3c[nH]c4ccc(F)c[n+]34)ncc2N=O)CC1. The molecule has 4 rings (SSSR count). The number of halogens is 1. The normalized spacial score (nSPS) is 19.3. The molecule has 0 aromatic carbocycles. The second kappa shape index (κ2) is 7.68. The number of pyridine rings is 1. The lowest BCUT2D eigenvalue weighted by molar-refractivity contribution is -0.500. The van der Waals surface area contributed by atoms with Crippen LogP contribution >= 0.6 is 0 Å². The monoisotopic (exact) mass is 380 g/mol.